The first-order valence-electron chi connectivity index (χ1n) is 4.49. The highest BCUT2D eigenvalue weighted by atomic mass is 35.5. The number of aliphatic hydroxyl groups is 2. The van der Waals surface area contributed by atoms with Gasteiger partial charge in [0.2, 0.25) is 0 Å². The predicted molar refractivity (Wildman–Crippen MR) is 57.8 cm³/mol. The maximum Gasteiger partial charge on any atom is 0.347 e. The molecule has 0 heterocycles. The van der Waals surface area contributed by atoms with Crippen LogP contribution in [0.2, 0.25) is 5.02 Å². The number of rotatable bonds is 4. The minimum Gasteiger partial charge on any atom is -0.388 e. The summed E-state index contributed by atoms with van der Waals surface area (Å²) in [4.78, 5) is 0. The molecule has 2 atom stereocenters. The topological polar surface area (TPSA) is 40.5 Å². The second kappa shape index (κ2) is 5.27. The zero-order valence-corrected chi connectivity index (χ0v) is 9.59. The number of alkyl halides is 3. The SMILES string of the molecule is OC(CC(O)C(F)(F)Cl)c1ccc(Cl)cc1. The van der Waals surface area contributed by atoms with Crippen LogP contribution in [0.1, 0.15) is 18.1 Å². The molecule has 0 aromatic heterocycles. The second-order valence-corrected chi connectivity index (χ2v) is 4.30. The van der Waals surface area contributed by atoms with Crippen LogP contribution >= 0.6 is 23.2 Å². The summed E-state index contributed by atoms with van der Waals surface area (Å²) >= 11 is 10.2. The molecular formula is C10H10Cl2F2O2. The molecule has 6 heteroatoms. The van der Waals surface area contributed by atoms with Crippen molar-refractivity contribution in [2.75, 3.05) is 0 Å². The summed E-state index contributed by atoms with van der Waals surface area (Å²) < 4.78 is 24.9. The van der Waals surface area contributed by atoms with Crippen LogP contribution in [-0.4, -0.2) is 21.7 Å². The molecule has 0 bridgehead atoms. The molecule has 2 unspecified atom stereocenters. The van der Waals surface area contributed by atoms with Crippen molar-refractivity contribution in [3.8, 4) is 0 Å². The van der Waals surface area contributed by atoms with Crippen molar-refractivity contribution in [1.29, 1.82) is 0 Å². The zero-order valence-electron chi connectivity index (χ0n) is 8.08. The van der Waals surface area contributed by atoms with Crippen molar-refractivity contribution >= 4 is 23.2 Å². The maximum atomic E-state index is 12.4. The van der Waals surface area contributed by atoms with E-state index in [4.69, 9.17) is 16.7 Å². The predicted octanol–water partition coefficient (Wildman–Crippen LogP) is 2.96. The van der Waals surface area contributed by atoms with Gasteiger partial charge in [0.25, 0.3) is 0 Å². The van der Waals surface area contributed by atoms with Crippen molar-refractivity contribution in [1.82, 2.24) is 0 Å². The molecule has 0 aliphatic carbocycles. The van der Waals surface area contributed by atoms with Gasteiger partial charge in [-0.15, -0.1) is 0 Å². The van der Waals surface area contributed by atoms with Crippen molar-refractivity contribution < 1.29 is 19.0 Å². The van der Waals surface area contributed by atoms with E-state index in [0.29, 0.717) is 10.6 Å². The highest BCUT2D eigenvalue weighted by Gasteiger charge is 2.36. The average Bonchev–Trinajstić information content (AvgIpc) is 2.17. The Morgan fingerprint density at radius 1 is 1.19 bits per heavy atom. The van der Waals surface area contributed by atoms with E-state index in [9.17, 15) is 13.9 Å². The van der Waals surface area contributed by atoms with Gasteiger partial charge in [0.05, 0.1) is 6.10 Å². The molecule has 2 N–H and O–H groups in total. The van der Waals surface area contributed by atoms with Crippen LogP contribution in [0, 0.1) is 0 Å². The number of aliphatic hydroxyl groups excluding tert-OH is 2. The Kier molecular flexibility index (Phi) is 4.50. The molecule has 1 rings (SSSR count). The highest BCUT2D eigenvalue weighted by molar-refractivity contribution is 6.30. The van der Waals surface area contributed by atoms with Gasteiger partial charge in [-0.05, 0) is 29.3 Å². The van der Waals surface area contributed by atoms with Gasteiger partial charge in [-0.3, -0.25) is 0 Å². The van der Waals surface area contributed by atoms with E-state index in [1.807, 2.05) is 0 Å². The molecule has 0 saturated carbocycles. The molecule has 0 fully saturated rings. The number of benzene rings is 1. The molecule has 16 heavy (non-hydrogen) atoms. The van der Waals surface area contributed by atoms with E-state index in [1.165, 1.54) is 24.3 Å². The lowest BCUT2D eigenvalue weighted by atomic mass is 10.0. The fourth-order valence-electron chi connectivity index (χ4n) is 1.17. The van der Waals surface area contributed by atoms with Gasteiger partial charge in [0.1, 0.15) is 6.10 Å². The second-order valence-electron chi connectivity index (χ2n) is 3.36. The van der Waals surface area contributed by atoms with E-state index in [1.54, 1.807) is 0 Å². The van der Waals surface area contributed by atoms with Gasteiger partial charge < -0.3 is 10.2 Å². The van der Waals surface area contributed by atoms with Crippen molar-refractivity contribution in [2.45, 2.75) is 24.0 Å². The van der Waals surface area contributed by atoms with Gasteiger partial charge in [0, 0.05) is 11.4 Å². The molecule has 90 valence electrons. The standard InChI is InChI=1S/C10H10Cl2F2O2/c11-7-3-1-6(2-4-7)8(15)5-9(16)10(12,13)14/h1-4,8-9,15-16H,5H2. The van der Waals surface area contributed by atoms with Gasteiger partial charge in [-0.2, -0.15) is 8.78 Å². The molecule has 2 nitrogen and oxygen atoms in total. The Morgan fingerprint density at radius 2 is 1.69 bits per heavy atom. The first-order chi connectivity index (χ1) is 7.30. The first-order valence-corrected chi connectivity index (χ1v) is 5.24. The largest absolute Gasteiger partial charge is 0.388 e. The molecule has 0 radical (unpaired) electrons. The van der Waals surface area contributed by atoms with E-state index in [-0.39, 0.29) is 0 Å². The van der Waals surface area contributed by atoms with Gasteiger partial charge in [0.15, 0.2) is 0 Å². The van der Waals surface area contributed by atoms with Crippen LogP contribution in [0.25, 0.3) is 0 Å². The Balaban J connectivity index is 2.65. The molecule has 1 aromatic carbocycles. The van der Waals surface area contributed by atoms with Crippen LogP contribution in [-0.2, 0) is 0 Å². The molecular weight excluding hydrogens is 261 g/mol. The summed E-state index contributed by atoms with van der Waals surface area (Å²) in [5.74, 6) is 0. The zero-order chi connectivity index (χ0) is 12.3. The number of halogens is 4. The smallest absolute Gasteiger partial charge is 0.347 e. The van der Waals surface area contributed by atoms with Crippen molar-refractivity contribution in [3.63, 3.8) is 0 Å². The lowest BCUT2D eigenvalue weighted by molar-refractivity contribution is -0.0623. The summed E-state index contributed by atoms with van der Waals surface area (Å²) in [5.41, 5.74) is 0.393. The quantitative estimate of drug-likeness (QED) is 0.826. The Morgan fingerprint density at radius 3 is 2.12 bits per heavy atom. The number of hydrogen-bond acceptors (Lipinski definition) is 2. The summed E-state index contributed by atoms with van der Waals surface area (Å²) in [6.45, 7) is 0. The average molecular weight is 271 g/mol. The summed E-state index contributed by atoms with van der Waals surface area (Å²) in [6, 6.07) is 6.02. The van der Waals surface area contributed by atoms with Crippen LogP contribution in [0.5, 0.6) is 0 Å². The normalized spacial score (nSPS) is 15.9. The summed E-state index contributed by atoms with van der Waals surface area (Å²) in [7, 11) is 0. The molecule has 0 amide bonds. The van der Waals surface area contributed by atoms with Crippen LogP contribution in [0.4, 0.5) is 8.78 Å². The maximum absolute atomic E-state index is 12.4. The van der Waals surface area contributed by atoms with E-state index < -0.39 is 24.0 Å². The van der Waals surface area contributed by atoms with Crippen molar-refractivity contribution in [3.05, 3.63) is 34.9 Å². The van der Waals surface area contributed by atoms with Crippen molar-refractivity contribution in [2.24, 2.45) is 0 Å². The van der Waals surface area contributed by atoms with Gasteiger partial charge in [-0.25, -0.2) is 0 Å². The number of hydrogen-bond donors (Lipinski definition) is 2. The molecule has 0 spiro atoms. The Labute approximate surface area is 101 Å². The van der Waals surface area contributed by atoms with E-state index >= 15 is 0 Å². The van der Waals surface area contributed by atoms with Crippen LogP contribution in [0.15, 0.2) is 24.3 Å². The highest BCUT2D eigenvalue weighted by Crippen LogP contribution is 2.30. The third kappa shape index (κ3) is 3.87. The molecule has 1 aromatic rings. The molecule has 0 saturated heterocycles. The van der Waals surface area contributed by atoms with Gasteiger partial charge >= 0.3 is 5.38 Å². The van der Waals surface area contributed by atoms with E-state index in [2.05, 4.69) is 11.6 Å². The lowest BCUT2D eigenvalue weighted by Gasteiger charge is -2.19. The first kappa shape index (κ1) is 13.6. The summed E-state index contributed by atoms with van der Waals surface area (Å²) in [5, 5.41) is 15.3. The monoisotopic (exact) mass is 270 g/mol. The lowest BCUT2D eigenvalue weighted by Crippen LogP contribution is -2.29. The Hall–Kier alpha value is -0.420. The minimum absolute atomic E-state index is 0.393. The fourth-order valence-corrected chi connectivity index (χ4v) is 1.38. The van der Waals surface area contributed by atoms with Crippen LogP contribution < -0.4 is 0 Å². The van der Waals surface area contributed by atoms with Crippen LogP contribution in [0.3, 0.4) is 0 Å². The van der Waals surface area contributed by atoms with Gasteiger partial charge in [-0.1, -0.05) is 23.7 Å². The molecule has 0 aliphatic rings. The molecule has 0 aliphatic heterocycles. The third-order valence-electron chi connectivity index (χ3n) is 2.08. The third-order valence-corrected chi connectivity index (χ3v) is 2.58. The Bertz CT molecular complexity index is 338. The summed E-state index contributed by atoms with van der Waals surface area (Å²) in [6.07, 6.45) is -3.85. The fraction of sp³-hybridized carbons (Fsp3) is 0.400. The van der Waals surface area contributed by atoms with E-state index in [0.717, 1.165) is 0 Å². The minimum atomic E-state index is -3.74.